The van der Waals surface area contributed by atoms with Crippen LogP contribution in [-0.4, -0.2) is 58.5 Å². The van der Waals surface area contributed by atoms with Crippen LogP contribution in [0.1, 0.15) is 41.7 Å². The average molecular weight is 409 g/mol. The number of anilines is 1. The molecule has 1 saturated heterocycles. The summed E-state index contributed by atoms with van der Waals surface area (Å²) in [6.07, 6.45) is 1.07. The van der Waals surface area contributed by atoms with Gasteiger partial charge in [-0.1, -0.05) is 30.3 Å². The van der Waals surface area contributed by atoms with Crippen molar-refractivity contribution in [3.63, 3.8) is 0 Å². The predicted octanol–water partition coefficient (Wildman–Crippen LogP) is 1.76. The monoisotopic (exact) mass is 408 g/mol. The Hall–Kier alpha value is -2.90. The molecule has 1 heterocycles. The van der Waals surface area contributed by atoms with Gasteiger partial charge in [-0.15, -0.1) is 0 Å². The minimum absolute atomic E-state index is 0.0592. The number of nitrogens with two attached hydrogens (primary N) is 2. The SMILES string of the molecule is CC(N)c1cccc(-c2ccc(C(=O)N3CCN(C(=O)C4(O)CC4)CC3)cc2)c1N. The summed E-state index contributed by atoms with van der Waals surface area (Å²) in [6.45, 7) is 3.73. The van der Waals surface area contributed by atoms with E-state index in [0.29, 0.717) is 50.3 Å². The molecular formula is C23H28N4O3. The topological polar surface area (TPSA) is 113 Å². The lowest BCUT2D eigenvalue weighted by atomic mass is 9.96. The molecule has 0 bridgehead atoms. The second kappa shape index (κ2) is 7.74. The molecule has 1 saturated carbocycles. The Morgan fingerprint density at radius 3 is 2.17 bits per heavy atom. The Morgan fingerprint density at radius 1 is 1.00 bits per heavy atom. The van der Waals surface area contributed by atoms with Crippen LogP contribution < -0.4 is 11.5 Å². The molecule has 1 atom stereocenters. The standard InChI is InChI=1S/C23H28N4O3/c1-15(24)18-3-2-4-19(20(18)25)16-5-7-17(8-6-16)21(28)26-11-13-27(14-12-26)22(29)23(30)9-10-23/h2-8,15,30H,9-14,24-25H2,1H3. The molecule has 5 N–H and O–H groups in total. The van der Waals surface area contributed by atoms with E-state index in [2.05, 4.69) is 0 Å². The number of rotatable bonds is 4. The van der Waals surface area contributed by atoms with Crippen LogP contribution in [0.2, 0.25) is 0 Å². The van der Waals surface area contributed by atoms with Crippen molar-refractivity contribution in [3.05, 3.63) is 53.6 Å². The zero-order valence-electron chi connectivity index (χ0n) is 17.2. The van der Waals surface area contributed by atoms with Crippen LogP contribution in [0.5, 0.6) is 0 Å². The first kappa shape index (κ1) is 20.4. The Bertz CT molecular complexity index is 959. The van der Waals surface area contributed by atoms with Gasteiger partial charge in [-0.25, -0.2) is 0 Å². The summed E-state index contributed by atoms with van der Waals surface area (Å²) in [7, 11) is 0. The van der Waals surface area contributed by atoms with E-state index in [1.165, 1.54) is 0 Å². The predicted molar refractivity (Wildman–Crippen MR) is 116 cm³/mol. The first-order chi connectivity index (χ1) is 14.3. The molecule has 7 heteroatoms. The smallest absolute Gasteiger partial charge is 0.254 e. The second-order valence-electron chi connectivity index (χ2n) is 8.29. The number of carbonyl (C=O) groups is 2. The van der Waals surface area contributed by atoms with Gasteiger partial charge >= 0.3 is 0 Å². The first-order valence-corrected chi connectivity index (χ1v) is 10.4. The van der Waals surface area contributed by atoms with Crippen LogP contribution in [-0.2, 0) is 4.79 Å². The largest absolute Gasteiger partial charge is 0.398 e. The summed E-state index contributed by atoms with van der Waals surface area (Å²) in [4.78, 5) is 28.5. The van der Waals surface area contributed by atoms with Gasteiger partial charge in [0, 0.05) is 49.0 Å². The highest BCUT2D eigenvalue weighted by atomic mass is 16.3. The number of nitrogen functional groups attached to an aromatic ring is 1. The van der Waals surface area contributed by atoms with Gasteiger partial charge in [-0.3, -0.25) is 9.59 Å². The normalized spacial score (nSPS) is 18.8. The third kappa shape index (κ3) is 3.78. The van der Waals surface area contributed by atoms with Crippen molar-refractivity contribution < 1.29 is 14.7 Å². The Balaban J connectivity index is 1.43. The number of aliphatic hydroxyl groups is 1. The summed E-state index contributed by atoms with van der Waals surface area (Å²) in [5.74, 6) is -0.262. The number of benzene rings is 2. The maximum Gasteiger partial charge on any atom is 0.254 e. The van der Waals surface area contributed by atoms with Crippen molar-refractivity contribution in [2.75, 3.05) is 31.9 Å². The molecule has 4 rings (SSSR count). The van der Waals surface area contributed by atoms with E-state index in [1.807, 2.05) is 37.3 Å². The molecule has 2 aliphatic rings. The molecule has 0 radical (unpaired) electrons. The summed E-state index contributed by atoms with van der Waals surface area (Å²) in [5, 5.41) is 10.0. The van der Waals surface area contributed by atoms with Crippen molar-refractivity contribution in [2.24, 2.45) is 5.73 Å². The van der Waals surface area contributed by atoms with E-state index in [-0.39, 0.29) is 17.9 Å². The Morgan fingerprint density at radius 2 is 1.60 bits per heavy atom. The fourth-order valence-corrected chi connectivity index (χ4v) is 3.95. The van der Waals surface area contributed by atoms with Gasteiger partial charge in [0.1, 0.15) is 5.60 Å². The molecule has 0 spiro atoms. The summed E-state index contributed by atoms with van der Waals surface area (Å²) < 4.78 is 0. The highest BCUT2D eigenvalue weighted by molar-refractivity contribution is 5.95. The third-order valence-corrected chi connectivity index (χ3v) is 6.05. The van der Waals surface area contributed by atoms with Crippen molar-refractivity contribution in [1.29, 1.82) is 0 Å². The van der Waals surface area contributed by atoms with Crippen LogP contribution in [0.15, 0.2) is 42.5 Å². The number of amides is 2. The van der Waals surface area contributed by atoms with Gasteiger partial charge in [0.2, 0.25) is 0 Å². The van der Waals surface area contributed by atoms with Crippen LogP contribution in [0.4, 0.5) is 5.69 Å². The molecule has 2 aromatic rings. The molecule has 7 nitrogen and oxygen atoms in total. The molecule has 0 aromatic heterocycles. The molecule has 2 amide bonds. The van der Waals surface area contributed by atoms with Gasteiger partial charge in [-0.05, 0) is 43.0 Å². The zero-order chi connectivity index (χ0) is 21.5. The average Bonchev–Trinajstić information content (AvgIpc) is 3.51. The first-order valence-electron chi connectivity index (χ1n) is 10.4. The van der Waals surface area contributed by atoms with Gasteiger partial charge in [0.15, 0.2) is 0 Å². The molecular weight excluding hydrogens is 380 g/mol. The number of hydrogen-bond acceptors (Lipinski definition) is 5. The van der Waals surface area contributed by atoms with E-state index in [0.717, 1.165) is 16.7 Å². The van der Waals surface area contributed by atoms with Crippen molar-refractivity contribution >= 4 is 17.5 Å². The fraction of sp³-hybridized carbons (Fsp3) is 0.391. The quantitative estimate of drug-likeness (QED) is 0.668. The molecule has 30 heavy (non-hydrogen) atoms. The van der Waals surface area contributed by atoms with E-state index >= 15 is 0 Å². The minimum Gasteiger partial charge on any atom is -0.398 e. The van der Waals surface area contributed by atoms with Gasteiger partial charge in [0.05, 0.1) is 0 Å². The van der Waals surface area contributed by atoms with Crippen LogP contribution in [0.25, 0.3) is 11.1 Å². The van der Waals surface area contributed by atoms with Crippen LogP contribution in [0, 0.1) is 0 Å². The maximum atomic E-state index is 12.9. The van der Waals surface area contributed by atoms with Crippen molar-refractivity contribution in [3.8, 4) is 11.1 Å². The van der Waals surface area contributed by atoms with Gasteiger partial charge < -0.3 is 26.4 Å². The molecule has 2 fully saturated rings. The summed E-state index contributed by atoms with van der Waals surface area (Å²) >= 11 is 0. The molecule has 1 unspecified atom stereocenters. The van der Waals surface area contributed by atoms with Crippen molar-refractivity contribution in [1.82, 2.24) is 9.80 Å². The number of para-hydroxylation sites is 1. The highest BCUT2D eigenvalue weighted by Crippen LogP contribution is 2.37. The van der Waals surface area contributed by atoms with Crippen LogP contribution >= 0.6 is 0 Å². The third-order valence-electron chi connectivity index (χ3n) is 6.05. The lowest BCUT2D eigenvalue weighted by Gasteiger charge is -2.35. The van der Waals surface area contributed by atoms with Gasteiger partial charge in [-0.2, -0.15) is 0 Å². The van der Waals surface area contributed by atoms with Crippen LogP contribution in [0.3, 0.4) is 0 Å². The van der Waals surface area contributed by atoms with E-state index in [1.54, 1.807) is 21.9 Å². The van der Waals surface area contributed by atoms with E-state index < -0.39 is 5.60 Å². The molecule has 1 aliphatic carbocycles. The second-order valence-corrected chi connectivity index (χ2v) is 8.29. The Kier molecular flexibility index (Phi) is 5.26. The summed E-state index contributed by atoms with van der Waals surface area (Å²) in [5.41, 5.74) is 15.1. The number of carbonyl (C=O) groups excluding carboxylic acids is 2. The fourth-order valence-electron chi connectivity index (χ4n) is 3.95. The van der Waals surface area contributed by atoms with E-state index in [9.17, 15) is 14.7 Å². The van der Waals surface area contributed by atoms with Crippen molar-refractivity contribution in [2.45, 2.75) is 31.4 Å². The molecule has 2 aromatic carbocycles. The lowest BCUT2D eigenvalue weighted by molar-refractivity contribution is -0.143. The molecule has 158 valence electrons. The Labute approximate surface area is 176 Å². The lowest BCUT2D eigenvalue weighted by Crippen LogP contribution is -2.53. The molecule has 1 aliphatic heterocycles. The zero-order valence-corrected chi connectivity index (χ0v) is 17.2. The minimum atomic E-state index is -1.15. The number of hydrogen-bond donors (Lipinski definition) is 3. The maximum absolute atomic E-state index is 12.9. The number of nitrogens with zero attached hydrogens (tertiary/aromatic N) is 2. The van der Waals surface area contributed by atoms with Gasteiger partial charge in [0.25, 0.3) is 11.8 Å². The summed E-state index contributed by atoms with van der Waals surface area (Å²) in [6, 6.07) is 13.0. The number of piperazine rings is 1. The van der Waals surface area contributed by atoms with E-state index in [4.69, 9.17) is 11.5 Å². The highest BCUT2D eigenvalue weighted by Gasteiger charge is 2.50.